The topological polar surface area (TPSA) is 17.1 Å². The maximum absolute atomic E-state index is 12.2. The molecule has 0 aliphatic heterocycles. The molecule has 0 unspecified atom stereocenters. The van der Waals surface area contributed by atoms with E-state index in [2.05, 4.69) is 40.2 Å². The van der Waals surface area contributed by atoms with Crippen LogP contribution in [-0.4, -0.2) is 5.78 Å². The van der Waals surface area contributed by atoms with Gasteiger partial charge in [-0.15, -0.1) is 0 Å². The van der Waals surface area contributed by atoms with Gasteiger partial charge in [0.1, 0.15) is 0 Å². The number of ketones is 1. The summed E-state index contributed by atoms with van der Waals surface area (Å²) in [7, 11) is 0. The first-order valence-corrected chi connectivity index (χ1v) is 7.56. The zero-order valence-electron chi connectivity index (χ0n) is 11.0. The Morgan fingerprint density at radius 3 is 2.45 bits per heavy atom. The largest absolute Gasteiger partial charge is 0.294 e. The molecule has 0 bridgehead atoms. The molecule has 1 aliphatic rings. The first kappa shape index (κ1) is 13.3. The van der Waals surface area contributed by atoms with E-state index in [1.54, 1.807) is 0 Å². The van der Waals surface area contributed by atoms with Gasteiger partial charge < -0.3 is 0 Å². The fourth-order valence-electron chi connectivity index (χ4n) is 2.35. The van der Waals surface area contributed by atoms with Crippen LogP contribution >= 0.6 is 15.9 Å². The highest BCUT2D eigenvalue weighted by Crippen LogP contribution is 2.42. The summed E-state index contributed by atoms with van der Waals surface area (Å²) in [5.41, 5.74) is 2.00. The molecule has 0 heterocycles. The van der Waals surface area contributed by atoms with Crippen molar-refractivity contribution in [2.24, 2.45) is 11.8 Å². The van der Waals surface area contributed by atoms with Crippen molar-refractivity contribution in [2.75, 3.05) is 0 Å². The molecule has 2 aromatic carbocycles. The van der Waals surface area contributed by atoms with E-state index in [1.165, 1.54) is 5.56 Å². The molecule has 1 aliphatic carbocycles. The normalized spacial score (nSPS) is 21.1. The second kappa shape index (κ2) is 5.76. The first-order chi connectivity index (χ1) is 9.74. The van der Waals surface area contributed by atoms with Crippen molar-refractivity contribution >= 4 is 27.8 Å². The van der Waals surface area contributed by atoms with Crippen molar-refractivity contribution < 1.29 is 4.79 Å². The van der Waals surface area contributed by atoms with Gasteiger partial charge in [0.15, 0.2) is 5.78 Å². The number of benzene rings is 2. The van der Waals surface area contributed by atoms with Crippen molar-refractivity contribution in [3.63, 3.8) is 0 Å². The summed E-state index contributed by atoms with van der Waals surface area (Å²) >= 11 is 3.42. The number of halogens is 1. The van der Waals surface area contributed by atoms with Crippen molar-refractivity contribution in [3.8, 4) is 0 Å². The van der Waals surface area contributed by atoms with Gasteiger partial charge in [-0.05, 0) is 30.0 Å². The molecule has 20 heavy (non-hydrogen) atoms. The summed E-state index contributed by atoms with van der Waals surface area (Å²) in [5, 5.41) is 0. The molecule has 0 spiro atoms. The Labute approximate surface area is 127 Å². The third-order valence-electron chi connectivity index (χ3n) is 3.64. The van der Waals surface area contributed by atoms with Crippen LogP contribution in [0.1, 0.15) is 22.3 Å². The van der Waals surface area contributed by atoms with Crippen molar-refractivity contribution in [3.05, 3.63) is 76.3 Å². The maximum Gasteiger partial charge on any atom is 0.166 e. The molecule has 0 N–H and O–H groups in total. The fraction of sp³-hybridized carbons (Fsp3) is 0.167. The summed E-state index contributed by atoms with van der Waals surface area (Å²) < 4.78 is 1.08. The molecule has 0 amide bonds. The maximum atomic E-state index is 12.2. The molecule has 3 rings (SSSR count). The van der Waals surface area contributed by atoms with E-state index in [0.717, 1.165) is 16.5 Å². The third-order valence-corrected chi connectivity index (χ3v) is 4.17. The molecular formula is C18H15BrO. The van der Waals surface area contributed by atoms with E-state index in [1.807, 2.05) is 42.5 Å². The van der Waals surface area contributed by atoms with E-state index in [0.29, 0.717) is 5.92 Å². The van der Waals surface area contributed by atoms with Gasteiger partial charge in [0.2, 0.25) is 0 Å². The number of allylic oxidation sites excluding steroid dienone is 1. The zero-order chi connectivity index (χ0) is 13.9. The third kappa shape index (κ3) is 3.07. The second-order valence-corrected chi connectivity index (χ2v) is 6.06. The number of carbonyl (C=O) groups excluding carboxylic acids is 1. The standard InChI is InChI=1S/C18H15BrO/c19-16-10-7-13(8-11-16)6-9-15-12-17(15)18(20)14-4-2-1-3-5-14/h1-11,15,17H,12H2/t15-,17-/m1/s1. The van der Waals surface area contributed by atoms with Gasteiger partial charge in [0.05, 0.1) is 0 Å². The lowest BCUT2D eigenvalue weighted by molar-refractivity contribution is 0.0964. The number of hydrogen-bond donors (Lipinski definition) is 0. The van der Waals surface area contributed by atoms with Crippen molar-refractivity contribution in [1.29, 1.82) is 0 Å². The number of carbonyl (C=O) groups is 1. The first-order valence-electron chi connectivity index (χ1n) is 6.77. The number of rotatable bonds is 4. The minimum Gasteiger partial charge on any atom is -0.294 e. The molecule has 100 valence electrons. The molecule has 0 radical (unpaired) electrons. The predicted molar refractivity (Wildman–Crippen MR) is 85.5 cm³/mol. The molecule has 0 saturated heterocycles. The number of hydrogen-bond acceptors (Lipinski definition) is 1. The van der Waals surface area contributed by atoms with E-state index >= 15 is 0 Å². The smallest absolute Gasteiger partial charge is 0.166 e. The van der Waals surface area contributed by atoms with E-state index in [9.17, 15) is 4.79 Å². The van der Waals surface area contributed by atoms with Gasteiger partial charge in [0, 0.05) is 16.0 Å². The molecular weight excluding hydrogens is 312 g/mol. The molecule has 2 heteroatoms. The lowest BCUT2D eigenvalue weighted by Crippen LogP contribution is -2.02. The van der Waals surface area contributed by atoms with Crippen molar-refractivity contribution in [1.82, 2.24) is 0 Å². The molecule has 2 aromatic rings. The Morgan fingerprint density at radius 2 is 1.75 bits per heavy atom. The Balaban J connectivity index is 1.62. The molecule has 1 saturated carbocycles. The van der Waals surface area contributed by atoms with Gasteiger partial charge >= 0.3 is 0 Å². The van der Waals surface area contributed by atoms with Gasteiger partial charge in [0.25, 0.3) is 0 Å². The van der Waals surface area contributed by atoms with Crippen LogP contribution in [0, 0.1) is 11.8 Å². The van der Waals surface area contributed by atoms with Gasteiger partial charge in [-0.2, -0.15) is 0 Å². The predicted octanol–water partition coefficient (Wildman–Crippen LogP) is 4.98. The highest BCUT2D eigenvalue weighted by Gasteiger charge is 2.40. The molecule has 2 atom stereocenters. The number of Topliss-reactive ketones (excluding diaryl/α,β-unsaturated/α-hetero) is 1. The minimum absolute atomic E-state index is 0.170. The van der Waals surface area contributed by atoms with Crippen LogP contribution < -0.4 is 0 Å². The van der Waals surface area contributed by atoms with Gasteiger partial charge in [-0.1, -0.05) is 70.5 Å². The Bertz CT molecular complexity index is 628. The highest BCUT2D eigenvalue weighted by atomic mass is 79.9. The van der Waals surface area contributed by atoms with Crippen LogP contribution in [-0.2, 0) is 0 Å². The average Bonchev–Trinajstić information content (AvgIpc) is 3.26. The van der Waals surface area contributed by atoms with E-state index in [-0.39, 0.29) is 11.7 Å². The van der Waals surface area contributed by atoms with Crippen molar-refractivity contribution in [2.45, 2.75) is 6.42 Å². The Morgan fingerprint density at radius 1 is 1.05 bits per heavy atom. The van der Waals surface area contributed by atoms with Crippen LogP contribution in [0.15, 0.2) is 65.1 Å². The molecule has 1 nitrogen and oxygen atoms in total. The molecule has 0 aromatic heterocycles. The van der Waals surface area contributed by atoms with E-state index < -0.39 is 0 Å². The fourth-order valence-corrected chi connectivity index (χ4v) is 2.62. The molecule has 1 fully saturated rings. The second-order valence-electron chi connectivity index (χ2n) is 5.15. The van der Waals surface area contributed by atoms with Gasteiger partial charge in [-0.25, -0.2) is 0 Å². The van der Waals surface area contributed by atoms with Crippen LogP contribution in [0.5, 0.6) is 0 Å². The SMILES string of the molecule is O=C(c1ccccc1)[C@@H]1C[C@H]1C=Cc1ccc(Br)cc1. The van der Waals surface area contributed by atoms with Crippen LogP contribution in [0.4, 0.5) is 0 Å². The van der Waals surface area contributed by atoms with Crippen LogP contribution in [0.2, 0.25) is 0 Å². The van der Waals surface area contributed by atoms with E-state index in [4.69, 9.17) is 0 Å². The van der Waals surface area contributed by atoms with Crippen LogP contribution in [0.3, 0.4) is 0 Å². The zero-order valence-corrected chi connectivity index (χ0v) is 12.6. The lowest BCUT2D eigenvalue weighted by Gasteiger charge is -1.98. The van der Waals surface area contributed by atoms with Crippen LogP contribution in [0.25, 0.3) is 6.08 Å². The quantitative estimate of drug-likeness (QED) is 0.724. The Kier molecular flexibility index (Phi) is 3.83. The lowest BCUT2D eigenvalue weighted by atomic mass is 10.1. The Hall–Kier alpha value is -1.67. The minimum atomic E-state index is 0.170. The summed E-state index contributed by atoms with van der Waals surface area (Å²) in [6.45, 7) is 0. The summed E-state index contributed by atoms with van der Waals surface area (Å²) in [6, 6.07) is 17.8. The van der Waals surface area contributed by atoms with Gasteiger partial charge in [-0.3, -0.25) is 4.79 Å². The summed E-state index contributed by atoms with van der Waals surface area (Å²) in [6.07, 6.45) is 5.24. The summed E-state index contributed by atoms with van der Waals surface area (Å²) in [5.74, 6) is 0.839. The highest BCUT2D eigenvalue weighted by molar-refractivity contribution is 9.10. The summed E-state index contributed by atoms with van der Waals surface area (Å²) in [4.78, 5) is 12.2. The average molecular weight is 327 g/mol. The monoisotopic (exact) mass is 326 g/mol.